The van der Waals surface area contributed by atoms with Crippen LogP contribution in [0.15, 0.2) is 41.3 Å². The number of hydrogen-bond donors (Lipinski definition) is 2. The molecule has 0 atom stereocenters. The van der Waals surface area contributed by atoms with E-state index in [1.54, 1.807) is 12.1 Å². The fourth-order valence-electron chi connectivity index (χ4n) is 2.16. The zero-order valence-corrected chi connectivity index (χ0v) is 13.4. The number of fused-ring (bicyclic) bond motifs is 1. The van der Waals surface area contributed by atoms with Gasteiger partial charge in [-0.15, -0.1) is 0 Å². The van der Waals surface area contributed by atoms with Gasteiger partial charge >= 0.3 is 0 Å². The zero-order chi connectivity index (χ0) is 15.9. The highest BCUT2D eigenvalue weighted by Gasteiger charge is 2.23. The fraction of sp³-hybridized carbons (Fsp3) is 0.0714. The van der Waals surface area contributed by atoms with Crippen LogP contribution >= 0.6 is 23.2 Å². The fourth-order valence-corrected chi connectivity index (χ4v) is 3.92. The van der Waals surface area contributed by atoms with Crippen molar-refractivity contribution in [1.82, 2.24) is 0 Å². The Kier molecular flexibility index (Phi) is 3.76. The van der Waals surface area contributed by atoms with Crippen LogP contribution < -0.4 is 10.0 Å². The van der Waals surface area contributed by atoms with E-state index >= 15 is 0 Å². The Hall–Kier alpha value is -1.76. The summed E-state index contributed by atoms with van der Waals surface area (Å²) in [6.45, 7) is 0. The van der Waals surface area contributed by atoms with Crippen LogP contribution in [0.5, 0.6) is 0 Å². The quantitative estimate of drug-likeness (QED) is 0.885. The topological polar surface area (TPSA) is 75.3 Å². The van der Waals surface area contributed by atoms with Crippen LogP contribution in [0, 0.1) is 0 Å². The van der Waals surface area contributed by atoms with Crippen LogP contribution in [0.2, 0.25) is 10.0 Å². The molecule has 2 N–H and O–H groups in total. The maximum absolute atomic E-state index is 12.5. The van der Waals surface area contributed by atoms with E-state index in [9.17, 15) is 13.2 Å². The first kappa shape index (κ1) is 15.1. The molecule has 0 bridgehead atoms. The number of sulfonamides is 1. The average Bonchev–Trinajstić information content (AvgIpc) is 2.82. The Bertz CT molecular complexity index is 861. The van der Waals surface area contributed by atoms with E-state index < -0.39 is 10.0 Å². The number of rotatable bonds is 3. The predicted octanol–water partition coefficient (Wildman–Crippen LogP) is 3.29. The molecule has 0 spiro atoms. The van der Waals surface area contributed by atoms with Crippen LogP contribution in [0.1, 0.15) is 5.56 Å². The molecule has 0 fully saturated rings. The number of nitrogens with one attached hydrogen (secondary N) is 2. The predicted molar refractivity (Wildman–Crippen MR) is 86.0 cm³/mol. The summed E-state index contributed by atoms with van der Waals surface area (Å²) in [5.41, 5.74) is 1.39. The van der Waals surface area contributed by atoms with Gasteiger partial charge in [-0.2, -0.15) is 0 Å². The van der Waals surface area contributed by atoms with Gasteiger partial charge in [0.1, 0.15) is 0 Å². The Morgan fingerprint density at radius 1 is 1.09 bits per heavy atom. The number of halogens is 2. The lowest BCUT2D eigenvalue weighted by atomic mass is 10.2. The molecule has 0 saturated heterocycles. The highest BCUT2D eigenvalue weighted by Crippen LogP contribution is 2.33. The lowest BCUT2D eigenvalue weighted by Gasteiger charge is -2.12. The summed E-state index contributed by atoms with van der Waals surface area (Å²) < 4.78 is 27.3. The molecule has 2 aromatic carbocycles. The number of carbonyl (C=O) groups excluding carboxylic acids is 1. The van der Waals surface area contributed by atoms with E-state index in [0.717, 1.165) is 0 Å². The molecule has 0 unspecified atom stereocenters. The summed E-state index contributed by atoms with van der Waals surface area (Å²) in [6.07, 6.45) is 0.158. The molecule has 22 heavy (non-hydrogen) atoms. The van der Waals surface area contributed by atoms with E-state index in [2.05, 4.69) is 10.0 Å². The number of carbonyl (C=O) groups is 1. The van der Waals surface area contributed by atoms with Crippen molar-refractivity contribution in [3.05, 3.63) is 52.0 Å². The van der Waals surface area contributed by atoms with Gasteiger partial charge in [-0.3, -0.25) is 9.52 Å². The van der Waals surface area contributed by atoms with Crippen LogP contribution in [0.25, 0.3) is 0 Å². The van der Waals surface area contributed by atoms with Crippen molar-refractivity contribution < 1.29 is 13.2 Å². The zero-order valence-electron chi connectivity index (χ0n) is 11.1. The van der Waals surface area contributed by atoms with Crippen molar-refractivity contribution in [2.45, 2.75) is 11.3 Å². The highest BCUT2D eigenvalue weighted by molar-refractivity contribution is 7.92. The van der Waals surface area contributed by atoms with Gasteiger partial charge in [0.15, 0.2) is 0 Å². The maximum atomic E-state index is 12.5. The second-order valence-corrected chi connectivity index (χ2v) is 7.24. The third kappa shape index (κ3) is 2.77. The molecule has 1 aliphatic rings. The van der Waals surface area contributed by atoms with Gasteiger partial charge in [0, 0.05) is 5.69 Å². The monoisotopic (exact) mass is 356 g/mol. The Morgan fingerprint density at radius 3 is 2.45 bits per heavy atom. The van der Waals surface area contributed by atoms with Gasteiger partial charge in [0.05, 0.1) is 27.0 Å². The SMILES string of the molecule is O=C1Cc2cc(S(=O)(=O)Nc3c(Cl)cccc3Cl)ccc2N1. The highest BCUT2D eigenvalue weighted by atomic mass is 35.5. The first-order valence-electron chi connectivity index (χ1n) is 6.26. The maximum Gasteiger partial charge on any atom is 0.261 e. The third-order valence-corrected chi connectivity index (χ3v) is 5.19. The van der Waals surface area contributed by atoms with Gasteiger partial charge in [-0.25, -0.2) is 8.42 Å². The molecule has 1 amide bonds. The third-order valence-electron chi connectivity index (χ3n) is 3.21. The van der Waals surface area contributed by atoms with Crippen LogP contribution in [-0.4, -0.2) is 14.3 Å². The van der Waals surface area contributed by atoms with Crippen molar-refractivity contribution in [3.63, 3.8) is 0 Å². The minimum Gasteiger partial charge on any atom is -0.326 e. The molecule has 0 saturated carbocycles. The molecule has 0 aliphatic carbocycles. The van der Waals surface area contributed by atoms with Crippen LogP contribution in [0.4, 0.5) is 11.4 Å². The number of anilines is 2. The van der Waals surface area contributed by atoms with Gasteiger partial charge in [-0.05, 0) is 35.9 Å². The van der Waals surface area contributed by atoms with E-state index in [1.807, 2.05) is 0 Å². The molecule has 1 heterocycles. The Labute approximate surface area is 137 Å². The standard InChI is InChI=1S/C14H10Cl2N2O3S/c15-10-2-1-3-11(16)14(10)18-22(20,21)9-4-5-12-8(6-9)7-13(19)17-12/h1-6,18H,7H2,(H,17,19). The molecule has 5 nitrogen and oxygen atoms in total. The Morgan fingerprint density at radius 2 is 1.77 bits per heavy atom. The molecule has 2 aromatic rings. The summed E-state index contributed by atoms with van der Waals surface area (Å²) in [5.74, 6) is -0.161. The van der Waals surface area contributed by atoms with Crippen LogP contribution in [0.3, 0.4) is 0 Å². The lowest BCUT2D eigenvalue weighted by molar-refractivity contribution is -0.115. The Balaban J connectivity index is 1.98. The van der Waals surface area contributed by atoms with Crippen molar-refractivity contribution in [2.24, 2.45) is 0 Å². The van der Waals surface area contributed by atoms with Crippen LogP contribution in [-0.2, 0) is 21.2 Å². The van der Waals surface area contributed by atoms with Gasteiger partial charge < -0.3 is 5.32 Å². The second-order valence-electron chi connectivity index (χ2n) is 4.75. The minimum absolute atomic E-state index is 0.0405. The molecule has 0 aromatic heterocycles. The van der Waals surface area contributed by atoms with Gasteiger partial charge in [-0.1, -0.05) is 29.3 Å². The van der Waals surface area contributed by atoms with Crippen molar-refractivity contribution >= 4 is 50.5 Å². The number of benzene rings is 2. The minimum atomic E-state index is -3.86. The molecular formula is C14H10Cl2N2O3S. The summed E-state index contributed by atoms with van der Waals surface area (Å²) in [5, 5.41) is 3.05. The van der Waals surface area contributed by atoms with Crippen molar-refractivity contribution in [2.75, 3.05) is 10.0 Å². The molecular weight excluding hydrogens is 347 g/mol. The molecule has 3 rings (SSSR count). The summed E-state index contributed by atoms with van der Waals surface area (Å²) in [6, 6.07) is 9.13. The first-order valence-corrected chi connectivity index (χ1v) is 8.50. The van der Waals surface area contributed by atoms with E-state index in [0.29, 0.717) is 11.3 Å². The molecule has 114 valence electrons. The smallest absolute Gasteiger partial charge is 0.261 e. The van der Waals surface area contributed by atoms with Crippen molar-refractivity contribution in [1.29, 1.82) is 0 Å². The molecule has 1 aliphatic heterocycles. The summed E-state index contributed by atoms with van der Waals surface area (Å²) >= 11 is 11.9. The molecule has 8 heteroatoms. The van der Waals surface area contributed by atoms with Gasteiger partial charge in [0.25, 0.3) is 10.0 Å². The van der Waals surface area contributed by atoms with Gasteiger partial charge in [0.2, 0.25) is 5.91 Å². The molecule has 0 radical (unpaired) electrons. The van der Waals surface area contributed by atoms with E-state index in [4.69, 9.17) is 23.2 Å². The summed E-state index contributed by atoms with van der Waals surface area (Å²) in [7, 11) is -3.86. The largest absolute Gasteiger partial charge is 0.326 e. The lowest BCUT2D eigenvalue weighted by Crippen LogP contribution is -2.13. The average molecular weight is 357 g/mol. The normalized spacial score (nSPS) is 13.6. The number of para-hydroxylation sites is 1. The number of hydrogen-bond acceptors (Lipinski definition) is 3. The number of amides is 1. The van der Waals surface area contributed by atoms with Crippen molar-refractivity contribution in [3.8, 4) is 0 Å². The summed E-state index contributed by atoms with van der Waals surface area (Å²) in [4.78, 5) is 11.4. The van der Waals surface area contributed by atoms with E-state index in [-0.39, 0.29) is 33.0 Å². The van der Waals surface area contributed by atoms with E-state index in [1.165, 1.54) is 24.3 Å². The first-order chi connectivity index (χ1) is 10.4. The second kappa shape index (κ2) is 5.46.